The molecule has 0 amide bonds. The SMILES string of the molecule is c1ccc(-c2ccc(Nc3cccc(-c4nc5ccccc5[nH]4)c3)cn2)cc1. The number of anilines is 2. The molecule has 0 radical (unpaired) electrons. The molecule has 28 heavy (non-hydrogen) atoms. The number of hydrogen-bond donors (Lipinski definition) is 2. The van der Waals surface area contributed by atoms with Crippen molar-refractivity contribution in [2.75, 3.05) is 5.32 Å². The molecule has 0 aliphatic rings. The first kappa shape index (κ1) is 16.3. The number of pyridine rings is 1. The molecule has 5 rings (SSSR count). The van der Waals surface area contributed by atoms with E-state index in [9.17, 15) is 0 Å². The Kier molecular flexibility index (Phi) is 4.07. The minimum Gasteiger partial charge on any atom is -0.354 e. The Balaban J connectivity index is 1.39. The van der Waals surface area contributed by atoms with Crippen LogP contribution in [0.3, 0.4) is 0 Å². The van der Waals surface area contributed by atoms with Gasteiger partial charge in [0.15, 0.2) is 0 Å². The lowest BCUT2D eigenvalue weighted by molar-refractivity contribution is 1.31. The Labute approximate surface area is 162 Å². The van der Waals surface area contributed by atoms with Crippen LogP contribution in [-0.4, -0.2) is 15.0 Å². The Hall–Kier alpha value is -3.92. The summed E-state index contributed by atoms with van der Waals surface area (Å²) >= 11 is 0. The van der Waals surface area contributed by atoms with Gasteiger partial charge in [0, 0.05) is 16.8 Å². The Morgan fingerprint density at radius 1 is 0.679 bits per heavy atom. The zero-order valence-corrected chi connectivity index (χ0v) is 15.1. The lowest BCUT2D eigenvalue weighted by atomic mass is 10.1. The summed E-state index contributed by atoms with van der Waals surface area (Å²) in [7, 11) is 0. The third kappa shape index (κ3) is 3.23. The van der Waals surface area contributed by atoms with Crippen LogP contribution in [0.2, 0.25) is 0 Å². The van der Waals surface area contributed by atoms with Gasteiger partial charge in [-0.2, -0.15) is 0 Å². The molecule has 0 bridgehead atoms. The molecule has 3 aromatic carbocycles. The summed E-state index contributed by atoms with van der Waals surface area (Å²) in [5.74, 6) is 0.863. The van der Waals surface area contributed by atoms with E-state index >= 15 is 0 Å². The predicted octanol–water partition coefficient (Wildman–Crippen LogP) is 6.04. The van der Waals surface area contributed by atoms with E-state index in [0.717, 1.165) is 45.1 Å². The largest absolute Gasteiger partial charge is 0.354 e. The topological polar surface area (TPSA) is 53.6 Å². The number of benzene rings is 3. The van der Waals surface area contributed by atoms with Crippen molar-refractivity contribution in [1.29, 1.82) is 0 Å². The average Bonchev–Trinajstić information content (AvgIpc) is 3.20. The summed E-state index contributed by atoms with van der Waals surface area (Å²) in [4.78, 5) is 12.6. The van der Waals surface area contributed by atoms with Gasteiger partial charge in [-0.1, -0.05) is 54.6 Å². The third-order valence-electron chi connectivity index (χ3n) is 4.65. The summed E-state index contributed by atoms with van der Waals surface area (Å²) in [6.07, 6.45) is 1.86. The summed E-state index contributed by atoms with van der Waals surface area (Å²) in [5.41, 5.74) is 7.06. The van der Waals surface area contributed by atoms with Crippen LogP contribution >= 0.6 is 0 Å². The molecule has 4 heteroatoms. The standard InChI is InChI=1S/C24H18N4/c1-2-7-17(8-3-1)21-14-13-20(16-25-21)26-19-10-6-9-18(15-19)24-27-22-11-4-5-12-23(22)28-24/h1-16,26H,(H,27,28). The number of nitrogens with one attached hydrogen (secondary N) is 2. The van der Waals surface area contributed by atoms with E-state index in [4.69, 9.17) is 0 Å². The van der Waals surface area contributed by atoms with E-state index in [0.29, 0.717) is 0 Å². The van der Waals surface area contributed by atoms with Crippen LogP contribution in [0.15, 0.2) is 97.2 Å². The first-order valence-electron chi connectivity index (χ1n) is 9.19. The second kappa shape index (κ2) is 7.00. The number of rotatable bonds is 4. The monoisotopic (exact) mass is 362 g/mol. The van der Waals surface area contributed by atoms with Crippen LogP contribution < -0.4 is 5.32 Å². The van der Waals surface area contributed by atoms with E-state index in [-0.39, 0.29) is 0 Å². The van der Waals surface area contributed by atoms with Crippen molar-refractivity contribution in [1.82, 2.24) is 15.0 Å². The van der Waals surface area contributed by atoms with Crippen molar-refractivity contribution in [3.05, 3.63) is 97.2 Å². The van der Waals surface area contributed by atoms with E-state index in [1.54, 1.807) is 0 Å². The quantitative estimate of drug-likeness (QED) is 0.410. The molecule has 5 aromatic rings. The number of aromatic amines is 1. The Bertz CT molecular complexity index is 1190. The molecule has 0 atom stereocenters. The van der Waals surface area contributed by atoms with Gasteiger partial charge in [-0.05, 0) is 36.4 Å². The van der Waals surface area contributed by atoms with Gasteiger partial charge in [-0.25, -0.2) is 4.98 Å². The molecule has 0 saturated carbocycles. The van der Waals surface area contributed by atoms with Gasteiger partial charge >= 0.3 is 0 Å². The highest BCUT2D eigenvalue weighted by molar-refractivity contribution is 5.80. The highest BCUT2D eigenvalue weighted by atomic mass is 14.9. The maximum absolute atomic E-state index is 4.68. The lowest BCUT2D eigenvalue weighted by Gasteiger charge is -2.08. The van der Waals surface area contributed by atoms with Crippen LogP contribution in [0.1, 0.15) is 0 Å². The van der Waals surface area contributed by atoms with E-state index in [1.807, 2.05) is 72.9 Å². The van der Waals surface area contributed by atoms with Crippen molar-refractivity contribution < 1.29 is 0 Å². The summed E-state index contributed by atoms with van der Waals surface area (Å²) in [6.45, 7) is 0. The zero-order chi connectivity index (χ0) is 18.8. The molecule has 0 aliphatic carbocycles. The minimum atomic E-state index is 0.863. The maximum Gasteiger partial charge on any atom is 0.138 e. The normalized spacial score (nSPS) is 10.9. The number of nitrogens with zero attached hydrogens (tertiary/aromatic N) is 2. The molecule has 2 N–H and O–H groups in total. The van der Waals surface area contributed by atoms with E-state index in [2.05, 4.69) is 44.5 Å². The molecule has 0 saturated heterocycles. The zero-order valence-electron chi connectivity index (χ0n) is 15.1. The van der Waals surface area contributed by atoms with Crippen molar-refractivity contribution >= 4 is 22.4 Å². The van der Waals surface area contributed by atoms with Crippen molar-refractivity contribution in [3.8, 4) is 22.6 Å². The molecule has 0 fully saturated rings. The van der Waals surface area contributed by atoms with Crippen molar-refractivity contribution in [2.45, 2.75) is 0 Å². The number of hydrogen-bond acceptors (Lipinski definition) is 3. The number of fused-ring (bicyclic) bond motifs is 1. The fraction of sp³-hybridized carbons (Fsp3) is 0. The average molecular weight is 362 g/mol. The van der Waals surface area contributed by atoms with Gasteiger partial charge in [-0.3, -0.25) is 4.98 Å². The number of imidazole rings is 1. The van der Waals surface area contributed by atoms with Gasteiger partial charge in [-0.15, -0.1) is 0 Å². The molecular formula is C24H18N4. The van der Waals surface area contributed by atoms with Gasteiger partial charge in [0.2, 0.25) is 0 Å². The maximum atomic E-state index is 4.68. The Morgan fingerprint density at radius 3 is 2.32 bits per heavy atom. The van der Waals surface area contributed by atoms with Crippen molar-refractivity contribution in [3.63, 3.8) is 0 Å². The molecule has 0 spiro atoms. The van der Waals surface area contributed by atoms with Crippen LogP contribution in [0.4, 0.5) is 11.4 Å². The predicted molar refractivity (Wildman–Crippen MR) is 114 cm³/mol. The fourth-order valence-electron chi connectivity index (χ4n) is 3.25. The molecule has 0 aliphatic heterocycles. The Morgan fingerprint density at radius 2 is 1.50 bits per heavy atom. The first-order valence-corrected chi connectivity index (χ1v) is 9.19. The lowest BCUT2D eigenvalue weighted by Crippen LogP contribution is -1.93. The highest BCUT2D eigenvalue weighted by Crippen LogP contribution is 2.25. The van der Waals surface area contributed by atoms with Crippen LogP contribution in [0.5, 0.6) is 0 Å². The van der Waals surface area contributed by atoms with Gasteiger partial charge in [0.25, 0.3) is 0 Å². The molecule has 0 unspecified atom stereocenters. The molecular weight excluding hydrogens is 344 g/mol. The summed E-state index contributed by atoms with van der Waals surface area (Å²) < 4.78 is 0. The second-order valence-electron chi connectivity index (χ2n) is 6.61. The fourth-order valence-corrected chi connectivity index (χ4v) is 3.25. The second-order valence-corrected chi connectivity index (χ2v) is 6.61. The summed E-state index contributed by atoms with van der Waals surface area (Å²) in [6, 6.07) is 30.5. The molecule has 2 aromatic heterocycles. The smallest absolute Gasteiger partial charge is 0.138 e. The molecule has 4 nitrogen and oxygen atoms in total. The van der Waals surface area contributed by atoms with Gasteiger partial charge in [0.05, 0.1) is 28.6 Å². The van der Waals surface area contributed by atoms with Crippen LogP contribution in [0.25, 0.3) is 33.7 Å². The first-order chi connectivity index (χ1) is 13.8. The highest BCUT2D eigenvalue weighted by Gasteiger charge is 2.06. The van der Waals surface area contributed by atoms with Crippen LogP contribution in [-0.2, 0) is 0 Å². The third-order valence-corrected chi connectivity index (χ3v) is 4.65. The minimum absolute atomic E-state index is 0.863. The van der Waals surface area contributed by atoms with Crippen LogP contribution in [0, 0.1) is 0 Å². The van der Waals surface area contributed by atoms with Gasteiger partial charge < -0.3 is 10.3 Å². The van der Waals surface area contributed by atoms with Gasteiger partial charge in [0.1, 0.15) is 5.82 Å². The molecule has 134 valence electrons. The summed E-state index contributed by atoms with van der Waals surface area (Å²) in [5, 5.41) is 3.42. The number of para-hydroxylation sites is 2. The van der Waals surface area contributed by atoms with Crippen molar-refractivity contribution in [2.24, 2.45) is 0 Å². The number of aromatic nitrogens is 3. The number of H-pyrrole nitrogens is 1. The van der Waals surface area contributed by atoms with E-state index < -0.39 is 0 Å². The van der Waals surface area contributed by atoms with E-state index in [1.165, 1.54) is 0 Å². The molecule has 2 heterocycles.